The predicted molar refractivity (Wildman–Crippen MR) is 63.7 cm³/mol. The van der Waals surface area contributed by atoms with Crippen LogP contribution in [0.1, 0.15) is 26.3 Å². The SMILES string of the molecule is COC(=O)C(C)(C)[C@](C)(N)c1ccccc1F. The first-order chi connectivity index (χ1) is 7.75. The average Bonchev–Trinajstić information content (AvgIpc) is 2.27. The van der Waals surface area contributed by atoms with Crippen LogP contribution in [0.4, 0.5) is 4.39 Å². The fourth-order valence-electron chi connectivity index (χ4n) is 1.69. The zero-order valence-electron chi connectivity index (χ0n) is 10.6. The summed E-state index contributed by atoms with van der Waals surface area (Å²) in [6, 6.07) is 6.19. The van der Waals surface area contributed by atoms with Crippen LogP contribution >= 0.6 is 0 Å². The minimum Gasteiger partial charge on any atom is -0.469 e. The normalized spacial score (nSPS) is 15.2. The Kier molecular flexibility index (Phi) is 3.57. The molecule has 1 rings (SSSR count). The Morgan fingerprint density at radius 1 is 1.29 bits per heavy atom. The van der Waals surface area contributed by atoms with Gasteiger partial charge in [0.15, 0.2) is 0 Å². The van der Waals surface area contributed by atoms with Crippen molar-refractivity contribution in [2.24, 2.45) is 11.1 Å². The summed E-state index contributed by atoms with van der Waals surface area (Å²) in [6.45, 7) is 4.92. The number of ether oxygens (including phenoxy) is 1. The van der Waals surface area contributed by atoms with Crippen molar-refractivity contribution in [3.63, 3.8) is 0 Å². The van der Waals surface area contributed by atoms with Crippen LogP contribution in [0.25, 0.3) is 0 Å². The van der Waals surface area contributed by atoms with Gasteiger partial charge in [-0.3, -0.25) is 4.79 Å². The van der Waals surface area contributed by atoms with Gasteiger partial charge < -0.3 is 10.5 Å². The summed E-state index contributed by atoms with van der Waals surface area (Å²) < 4.78 is 18.5. The molecule has 3 nitrogen and oxygen atoms in total. The van der Waals surface area contributed by atoms with E-state index < -0.39 is 22.7 Å². The second-order valence-electron chi connectivity index (χ2n) is 4.80. The highest BCUT2D eigenvalue weighted by Crippen LogP contribution is 2.39. The maximum absolute atomic E-state index is 13.8. The van der Waals surface area contributed by atoms with E-state index in [0.29, 0.717) is 5.56 Å². The molecule has 0 saturated heterocycles. The minimum absolute atomic E-state index is 0.301. The molecule has 1 aromatic rings. The molecule has 0 aliphatic carbocycles. The Labute approximate surface area is 101 Å². The van der Waals surface area contributed by atoms with E-state index in [2.05, 4.69) is 0 Å². The Balaban J connectivity index is 3.28. The van der Waals surface area contributed by atoms with Crippen LogP contribution in [-0.2, 0) is 15.1 Å². The highest BCUT2D eigenvalue weighted by atomic mass is 19.1. The Morgan fingerprint density at radius 2 is 1.82 bits per heavy atom. The second kappa shape index (κ2) is 4.45. The van der Waals surface area contributed by atoms with Gasteiger partial charge in [-0.25, -0.2) is 4.39 Å². The maximum atomic E-state index is 13.8. The molecule has 0 saturated carbocycles. The summed E-state index contributed by atoms with van der Waals surface area (Å²) in [5.74, 6) is -0.889. The molecule has 0 aliphatic heterocycles. The van der Waals surface area contributed by atoms with E-state index in [-0.39, 0.29) is 0 Å². The van der Waals surface area contributed by atoms with Crippen molar-refractivity contribution in [1.29, 1.82) is 0 Å². The van der Waals surface area contributed by atoms with Crippen LogP contribution in [0.15, 0.2) is 24.3 Å². The first-order valence-electron chi connectivity index (χ1n) is 5.37. The highest BCUT2D eigenvalue weighted by molar-refractivity contribution is 5.78. The summed E-state index contributed by atoms with van der Waals surface area (Å²) >= 11 is 0. The van der Waals surface area contributed by atoms with Crippen molar-refractivity contribution in [2.75, 3.05) is 7.11 Å². The second-order valence-corrected chi connectivity index (χ2v) is 4.80. The van der Waals surface area contributed by atoms with Gasteiger partial charge in [-0.05, 0) is 26.8 Å². The summed E-state index contributed by atoms with van der Waals surface area (Å²) in [5.41, 5.74) is 4.28. The van der Waals surface area contributed by atoms with E-state index >= 15 is 0 Å². The smallest absolute Gasteiger partial charge is 0.313 e. The standard InChI is InChI=1S/C13H18FNO2/c1-12(2,11(16)17-4)13(3,15)9-7-5-6-8-10(9)14/h5-8H,15H2,1-4H3/t13-/m1/s1. The zero-order chi connectivity index (χ0) is 13.3. The number of hydrogen-bond acceptors (Lipinski definition) is 3. The lowest BCUT2D eigenvalue weighted by Crippen LogP contribution is -2.52. The van der Waals surface area contributed by atoms with Crippen LogP contribution in [0, 0.1) is 11.2 Å². The van der Waals surface area contributed by atoms with Gasteiger partial charge in [0, 0.05) is 5.56 Å². The lowest BCUT2D eigenvalue weighted by Gasteiger charge is -2.39. The number of halogens is 1. The molecule has 0 spiro atoms. The number of hydrogen-bond donors (Lipinski definition) is 1. The number of carbonyl (C=O) groups is 1. The van der Waals surface area contributed by atoms with Crippen molar-refractivity contribution in [3.05, 3.63) is 35.6 Å². The first kappa shape index (κ1) is 13.6. The van der Waals surface area contributed by atoms with Crippen LogP contribution in [0.5, 0.6) is 0 Å². The van der Waals surface area contributed by atoms with E-state index in [1.165, 1.54) is 13.2 Å². The number of methoxy groups -OCH3 is 1. The summed E-state index contributed by atoms with van der Waals surface area (Å²) in [5, 5.41) is 0. The minimum atomic E-state index is -1.15. The molecule has 17 heavy (non-hydrogen) atoms. The van der Waals surface area contributed by atoms with Crippen molar-refractivity contribution in [2.45, 2.75) is 26.3 Å². The lowest BCUT2D eigenvalue weighted by atomic mass is 9.70. The molecule has 1 aromatic carbocycles. The monoisotopic (exact) mass is 239 g/mol. The van der Waals surface area contributed by atoms with Crippen molar-refractivity contribution in [3.8, 4) is 0 Å². The summed E-state index contributed by atoms with van der Waals surface area (Å²) in [7, 11) is 1.29. The first-order valence-corrected chi connectivity index (χ1v) is 5.37. The Hall–Kier alpha value is -1.42. The molecule has 0 amide bonds. The quantitative estimate of drug-likeness (QED) is 0.823. The predicted octanol–water partition coefficient (Wildman–Crippen LogP) is 2.20. The van der Waals surface area contributed by atoms with E-state index in [0.717, 1.165) is 0 Å². The molecule has 0 heterocycles. The van der Waals surface area contributed by atoms with E-state index in [1.807, 2.05) is 0 Å². The van der Waals surface area contributed by atoms with Crippen LogP contribution in [0.2, 0.25) is 0 Å². The highest BCUT2D eigenvalue weighted by Gasteiger charge is 2.47. The third-order valence-electron chi connectivity index (χ3n) is 3.43. The van der Waals surface area contributed by atoms with E-state index in [1.54, 1.807) is 39.0 Å². The van der Waals surface area contributed by atoms with Gasteiger partial charge in [-0.15, -0.1) is 0 Å². The number of rotatable bonds is 3. The number of carbonyl (C=O) groups excluding carboxylic acids is 1. The van der Waals surface area contributed by atoms with Gasteiger partial charge in [0.05, 0.1) is 18.1 Å². The molecule has 1 atom stereocenters. The summed E-state index contributed by atoms with van der Waals surface area (Å²) in [4.78, 5) is 11.7. The number of benzene rings is 1. The van der Waals surface area contributed by atoms with Crippen LogP contribution < -0.4 is 5.73 Å². The number of nitrogens with two attached hydrogens (primary N) is 1. The molecule has 0 unspecified atom stereocenters. The molecule has 0 aromatic heterocycles. The molecule has 0 bridgehead atoms. The topological polar surface area (TPSA) is 52.3 Å². The fourth-order valence-corrected chi connectivity index (χ4v) is 1.69. The lowest BCUT2D eigenvalue weighted by molar-refractivity contribution is -0.154. The van der Waals surface area contributed by atoms with Crippen molar-refractivity contribution < 1.29 is 13.9 Å². The third kappa shape index (κ3) is 2.17. The van der Waals surface area contributed by atoms with Gasteiger partial charge >= 0.3 is 5.97 Å². The van der Waals surface area contributed by atoms with E-state index in [4.69, 9.17) is 10.5 Å². The van der Waals surface area contributed by atoms with Crippen molar-refractivity contribution in [1.82, 2.24) is 0 Å². The molecule has 0 fully saturated rings. The van der Waals surface area contributed by atoms with Gasteiger partial charge in [-0.1, -0.05) is 18.2 Å². The zero-order valence-corrected chi connectivity index (χ0v) is 10.6. The fraction of sp³-hybridized carbons (Fsp3) is 0.462. The number of esters is 1. The molecule has 4 heteroatoms. The van der Waals surface area contributed by atoms with Gasteiger partial charge in [0.25, 0.3) is 0 Å². The molecule has 0 radical (unpaired) electrons. The van der Waals surface area contributed by atoms with E-state index in [9.17, 15) is 9.18 Å². The van der Waals surface area contributed by atoms with Crippen LogP contribution in [0.3, 0.4) is 0 Å². The molecule has 2 N–H and O–H groups in total. The van der Waals surface area contributed by atoms with Gasteiger partial charge in [0.2, 0.25) is 0 Å². The molecular formula is C13H18FNO2. The maximum Gasteiger partial charge on any atom is 0.313 e. The molecule has 94 valence electrons. The average molecular weight is 239 g/mol. The van der Waals surface area contributed by atoms with Crippen molar-refractivity contribution >= 4 is 5.97 Å². The third-order valence-corrected chi connectivity index (χ3v) is 3.43. The molecular weight excluding hydrogens is 221 g/mol. The summed E-state index contributed by atoms with van der Waals surface area (Å²) in [6.07, 6.45) is 0. The Morgan fingerprint density at radius 3 is 2.29 bits per heavy atom. The van der Waals surface area contributed by atoms with Gasteiger partial charge in [-0.2, -0.15) is 0 Å². The largest absolute Gasteiger partial charge is 0.469 e. The van der Waals surface area contributed by atoms with Gasteiger partial charge in [0.1, 0.15) is 5.82 Å². The Bertz CT molecular complexity index is 427. The van der Waals surface area contributed by atoms with Crippen LogP contribution in [-0.4, -0.2) is 13.1 Å². The molecule has 0 aliphatic rings.